The van der Waals surface area contributed by atoms with Crippen LogP contribution in [0.1, 0.15) is 11.1 Å². The van der Waals surface area contributed by atoms with E-state index in [9.17, 15) is 18.4 Å². The van der Waals surface area contributed by atoms with E-state index in [1.54, 1.807) is 36.4 Å². The van der Waals surface area contributed by atoms with Gasteiger partial charge in [0.1, 0.15) is 0 Å². The van der Waals surface area contributed by atoms with Gasteiger partial charge in [0.05, 0.1) is 12.2 Å². The highest BCUT2D eigenvalue weighted by Gasteiger charge is 2.59. The molecule has 0 unspecified atom stereocenters. The Hall–Kier alpha value is -3.10. The number of fused-ring (bicyclic) bond motifs is 2. The van der Waals surface area contributed by atoms with Crippen molar-refractivity contribution in [2.45, 2.75) is 11.4 Å². The smallest absolute Gasteiger partial charge is 0.308 e. The monoisotopic (exact) mass is 485 g/mol. The molecule has 1 N–H and O–H groups in total. The van der Waals surface area contributed by atoms with Gasteiger partial charge in [0, 0.05) is 28.6 Å². The van der Waals surface area contributed by atoms with Crippen LogP contribution in [0.15, 0.2) is 66.7 Å². The molecule has 3 aromatic rings. The first-order valence-corrected chi connectivity index (χ1v) is 11.6. The van der Waals surface area contributed by atoms with Crippen LogP contribution < -0.4 is 10.2 Å². The van der Waals surface area contributed by atoms with Crippen molar-refractivity contribution >= 4 is 46.7 Å². The third-order valence-corrected chi connectivity index (χ3v) is 7.40. The van der Waals surface area contributed by atoms with Crippen molar-refractivity contribution in [1.82, 2.24) is 4.90 Å². The van der Waals surface area contributed by atoms with Crippen molar-refractivity contribution in [3.8, 4) is 0 Å². The fraction of sp³-hybridized carbons (Fsp3) is 0.167. The van der Waals surface area contributed by atoms with Gasteiger partial charge in [-0.05, 0) is 42.0 Å². The number of halogens is 3. The molecule has 33 heavy (non-hydrogen) atoms. The summed E-state index contributed by atoms with van der Waals surface area (Å²) in [5, 5.41) is 3.32. The molecule has 5 rings (SSSR count). The lowest BCUT2D eigenvalue weighted by Gasteiger charge is -2.33. The fourth-order valence-corrected chi connectivity index (χ4v) is 5.95. The number of nitrogens with one attached hydrogen (secondary N) is 1. The summed E-state index contributed by atoms with van der Waals surface area (Å²) in [5.74, 6) is -1.64. The Bertz CT molecular complexity index is 1270. The van der Waals surface area contributed by atoms with Gasteiger partial charge in [-0.1, -0.05) is 41.9 Å². The zero-order valence-corrected chi connectivity index (χ0v) is 18.8. The van der Waals surface area contributed by atoms with Crippen molar-refractivity contribution in [1.29, 1.82) is 0 Å². The van der Waals surface area contributed by atoms with Crippen LogP contribution in [-0.2, 0) is 16.2 Å². The molecule has 2 aliphatic heterocycles. The van der Waals surface area contributed by atoms with Crippen molar-refractivity contribution in [2.75, 3.05) is 22.5 Å². The van der Waals surface area contributed by atoms with E-state index >= 15 is 0 Å². The van der Waals surface area contributed by atoms with Gasteiger partial charge in [0.25, 0.3) is 5.91 Å². The second-order valence-corrected chi connectivity index (χ2v) is 9.47. The standard InChI is InChI=1S/C24H18ClF2N3O2S/c25-16-4-3-5-17(13-16)28-23(32)30-10-11-33-24(30)18-6-1-2-7-21(18)29(22(24)31)14-15-8-9-19(26)20(27)12-15/h1-9,12-13H,10-11,14H2,(H,28,32)/t24-/m0/s1. The summed E-state index contributed by atoms with van der Waals surface area (Å²) in [7, 11) is 0. The Kier molecular flexibility index (Phi) is 5.50. The summed E-state index contributed by atoms with van der Waals surface area (Å²) in [5.41, 5.74) is 2.31. The van der Waals surface area contributed by atoms with Gasteiger partial charge in [-0.2, -0.15) is 0 Å². The predicted octanol–water partition coefficient (Wildman–Crippen LogP) is 5.60. The lowest BCUT2D eigenvalue weighted by molar-refractivity contribution is -0.123. The van der Waals surface area contributed by atoms with Crippen LogP contribution in [0, 0.1) is 11.6 Å². The summed E-state index contributed by atoms with van der Waals surface area (Å²) in [6.07, 6.45) is 0. The maximum absolute atomic E-state index is 13.9. The second kappa shape index (κ2) is 8.35. The summed E-state index contributed by atoms with van der Waals surface area (Å²) < 4.78 is 27.2. The number of carbonyl (C=O) groups excluding carboxylic acids is 2. The first kappa shape index (κ1) is 21.7. The summed E-state index contributed by atoms with van der Waals surface area (Å²) >= 11 is 7.42. The van der Waals surface area contributed by atoms with E-state index in [-0.39, 0.29) is 12.5 Å². The number of anilines is 2. The molecule has 3 amide bonds. The highest BCUT2D eigenvalue weighted by Crippen LogP contribution is 2.54. The van der Waals surface area contributed by atoms with E-state index in [0.29, 0.717) is 39.8 Å². The van der Waals surface area contributed by atoms with Gasteiger partial charge in [0.15, 0.2) is 16.5 Å². The molecule has 0 aliphatic carbocycles. The minimum absolute atomic E-state index is 0.0547. The number of nitrogens with zero attached hydrogens (tertiary/aromatic N) is 2. The van der Waals surface area contributed by atoms with Gasteiger partial charge in [-0.3, -0.25) is 9.69 Å². The number of carbonyl (C=O) groups is 2. The minimum atomic E-state index is -1.24. The molecule has 1 fully saturated rings. The third kappa shape index (κ3) is 3.63. The largest absolute Gasteiger partial charge is 0.323 e. The molecule has 0 saturated carbocycles. The van der Waals surface area contributed by atoms with E-state index in [1.807, 2.05) is 12.1 Å². The van der Waals surface area contributed by atoms with E-state index in [1.165, 1.54) is 27.6 Å². The lowest BCUT2D eigenvalue weighted by Crippen LogP contribution is -2.51. The molecule has 1 spiro atoms. The van der Waals surface area contributed by atoms with E-state index < -0.39 is 22.5 Å². The molecular formula is C24H18ClF2N3O2S. The number of rotatable bonds is 3. The van der Waals surface area contributed by atoms with Crippen LogP contribution >= 0.6 is 23.4 Å². The molecule has 5 nitrogen and oxygen atoms in total. The molecule has 3 aromatic carbocycles. The molecule has 1 saturated heterocycles. The molecule has 0 bridgehead atoms. The van der Waals surface area contributed by atoms with Gasteiger partial charge in [0.2, 0.25) is 0 Å². The Morgan fingerprint density at radius 1 is 1.06 bits per heavy atom. The number of hydrogen-bond donors (Lipinski definition) is 1. The summed E-state index contributed by atoms with van der Waals surface area (Å²) in [4.78, 5) is 29.0. The first-order chi connectivity index (χ1) is 15.9. The lowest BCUT2D eigenvalue weighted by atomic mass is 10.1. The van der Waals surface area contributed by atoms with E-state index in [4.69, 9.17) is 11.6 Å². The number of hydrogen-bond acceptors (Lipinski definition) is 3. The minimum Gasteiger partial charge on any atom is -0.308 e. The van der Waals surface area contributed by atoms with Gasteiger partial charge in [-0.15, -0.1) is 11.8 Å². The van der Waals surface area contributed by atoms with Crippen LogP contribution in [0.2, 0.25) is 5.02 Å². The second-order valence-electron chi connectivity index (χ2n) is 7.74. The quantitative estimate of drug-likeness (QED) is 0.525. The molecule has 168 valence electrons. The first-order valence-electron chi connectivity index (χ1n) is 10.2. The highest BCUT2D eigenvalue weighted by atomic mass is 35.5. The van der Waals surface area contributed by atoms with Crippen molar-refractivity contribution in [3.05, 3.63) is 94.5 Å². The third-order valence-electron chi connectivity index (χ3n) is 5.75. The zero-order valence-electron chi connectivity index (χ0n) is 17.2. The fourth-order valence-electron chi connectivity index (χ4n) is 4.30. The van der Waals surface area contributed by atoms with E-state index in [0.717, 1.165) is 12.1 Å². The van der Waals surface area contributed by atoms with Crippen LogP contribution in [-0.4, -0.2) is 29.1 Å². The maximum atomic E-state index is 13.9. The normalized spacial score (nSPS) is 19.3. The topological polar surface area (TPSA) is 52.7 Å². The average Bonchev–Trinajstić information content (AvgIpc) is 3.34. The van der Waals surface area contributed by atoms with Crippen molar-refractivity contribution < 1.29 is 18.4 Å². The summed E-state index contributed by atoms with van der Waals surface area (Å²) in [6, 6.07) is 17.2. The van der Waals surface area contributed by atoms with E-state index in [2.05, 4.69) is 5.32 Å². The Morgan fingerprint density at radius 3 is 2.67 bits per heavy atom. The number of benzene rings is 3. The highest BCUT2D eigenvalue weighted by molar-refractivity contribution is 8.01. The van der Waals surface area contributed by atoms with Crippen molar-refractivity contribution in [3.63, 3.8) is 0 Å². The SMILES string of the molecule is O=C(Nc1cccc(Cl)c1)N1CCS[C@@]12C(=O)N(Cc1ccc(F)c(F)c1)c1ccccc12. The molecule has 9 heteroatoms. The van der Waals surface area contributed by atoms with Gasteiger partial charge in [-0.25, -0.2) is 13.6 Å². The predicted molar refractivity (Wildman–Crippen MR) is 125 cm³/mol. The number of amides is 3. The zero-order chi connectivity index (χ0) is 23.2. The van der Waals surface area contributed by atoms with Crippen LogP contribution in [0.3, 0.4) is 0 Å². The number of urea groups is 1. The van der Waals surface area contributed by atoms with Crippen LogP contribution in [0.5, 0.6) is 0 Å². The summed E-state index contributed by atoms with van der Waals surface area (Å²) in [6.45, 7) is 0.426. The Balaban J connectivity index is 1.50. The molecule has 1 atom stereocenters. The molecule has 2 aliphatic rings. The average molecular weight is 486 g/mol. The number of para-hydroxylation sites is 1. The maximum Gasteiger partial charge on any atom is 0.323 e. The Morgan fingerprint density at radius 2 is 1.88 bits per heavy atom. The molecule has 0 radical (unpaired) electrons. The number of thioether (sulfide) groups is 1. The molecular weight excluding hydrogens is 468 g/mol. The van der Waals surface area contributed by atoms with Crippen LogP contribution in [0.25, 0.3) is 0 Å². The molecule has 0 aromatic heterocycles. The Labute approximate surface area is 198 Å². The van der Waals surface area contributed by atoms with Gasteiger partial charge < -0.3 is 10.2 Å². The van der Waals surface area contributed by atoms with Crippen LogP contribution in [0.4, 0.5) is 25.0 Å². The molecule has 2 heterocycles. The van der Waals surface area contributed by atoms with Crippen molar-refractivity contribution in [2.24, 2.45) is 0 Å². The van der Waals surface area contributed by atoms with Gasteiger partial charge >= 0.3 is 6.03 Å².